The maximum Gasteiger partial charge on any atom is 0.408 e. The van der Waals surface area contributed by atoms with Gasteiger partial charge in [-0.3, -0.25) is 0 Å². The second-order valence-electron chi connectivity index (χ2n) is 6.24. The van der Waals surface area contributed by atoms with Crippen molar-refractivity contribution in [3.8, 4) is 0 Å². The van der Waals surface area contributed by atoms with Crippen LogP contribution in [0.5, 0.6) is 0 Å². The molecule has 0 spiro atoms. The van der Waals surface area contributed by atoms with Crippen LogP contribution in [0.4, 0.5) is 4.79 Å². The Labute approximate surface area is 115 Å². The molecular weight excluding hydrogens is 240 g/mol. The summed E-state index contributed by atoms with van der Waals surface area (Å²) in [5.74, 6) is 0. The molecule has 0 heterocycles. The Hall–Kier alpha value is -1.55. The number of ether oxygens (including phenoxy) is 1. The minimum atomic E-state index is -0.594. The molecular formula is C15H24N2O2. The molecule has 19 heavy (non-hydrogen) atoms. The smallest absolute Gasteiger partial charge is 0.408 e. The first-order valence-corrected chi connectivity index (χ1v) is 6.43. The van der Waals surface area contributed by atoms with E-state index in [1.54, 1.807) is 0 Å². The van der Waals surface area contributed by atoms with Gasteiger partial charge in [0.15, 0.2) is 0 Å². The molecule has 0 aliphatic carbocycles. The highest BCUT2D eigenvalue weighted by atomic mass is 16.6. The van der Waals surface area contributed by atoms with Crippen molar-refractivity contribution in [1.82, 2.24) is 5.32 Å². The molecule has 1 rings (SSSR count). The Balaban J connectivity index is 2.73. The summed E-state index contributed by atoms with van der Waals surface area (Å²) in [6.45, 7) is 9.26. The number of carbonyl (C=O) groups is 1. The maximum absolute atomic E-state index is 11.8. The van der Waals surface area contributed by atoms with E-state index in [-0.39, 0.29) is 6.04 Å². The molecule has 106 valence electrons. The summed E-state index contributed by atoms with van der Waals surface area (Å²) in [4.78, 5) is 11.8. The van der Waals surface area contributed by atoms with Gasteiger partial charge in [0, 0.05) is 0 Å². The van der Waals surface area contributed by atoms with E-state index in [0.717, 1.165) is 5.56 Å². The molecule has 0 radical (unpaired) electrons. The molecule has 1 amide bonds. The Morgan fingerprint density at radius 2 is 1.68 bits per heavy atom. The summed E-state index contributed by atoms with van der Waals surface area (Å²) < 4.78 is 5.25. The predicted molar refractivity (Wildman–Crippen MR) is 76.8 cm³/mol. The van der Waals surface area contributed by atoms with Crippen LogP contribution < -0.4 is 11.1 Å². The average Bonchev–Trinajstić information content (AvgIpc) is 2.25. The first kappa shape index (κ1) is 15.5. The standard InChI is InChI=1S/C15H24N2O2/c1-14(2,3)19-13(18)17-15(4,5)12(16)11-9-7-6-8-10-11/h6-10,12H,16H2,1-5H3,(H,17,18). The summed E-state index contributed by atoms with van der Waals surface area (Å²) in [5, 5.41) is 2.82. The van der Waals surface area contributed by atoms with Crippen molar-refractivity contribution in [2.24, 2.45) is 5.73 Å². The molecule has 0 saturated heterocycles. The zero-order valence-electron chi connectivity index (χ0n) is 12.4. The number of amides is 1. The Morgan fingerprint density at radius 1 is 1.16 bits per heavy atom. The predicted octanol–water partition coefficient (Wildman–Crippen LogP) is 2.99. The van der Waals surface area contributed by atoms with Gasteiger partial charge in [-0.15, -0.1) is 0 Å². The summed E-state index contributed by atoms with van der Waals surface area (Å²) in [7, 11) is 0. The lowest BCUT2D eigenvalue weighted by molar-refractivity contribution is 0.0458. The topological polar surface area (TPSA) is 64.3 Å². The number of nitrogens with two attached hydrogens (primary N) is 1. The monoisotopic (exact) mass is 264 g/mol. The fraction of sp³-hybridized carbons (Fsp3) is 0.533. The van der Waals surface area contributed by atoms with Crippen LogP contribution in [0, 0.1) is 0 Å². The van der Waals surface area contributed by atoms with Crippen LogP contribution in [0.15, 0.2) is 30.3 Å². The number of hydrogen-bond donors (Lipinski definition) is 2. The first-order valence-electron chi connectivity index (χ1n) is 6.43. The molecule has 1 unspecified atom stereocenters. The fourth-order valence-electron chi connectivity index (χ4n) is 1.72. The van der Waals surface area contributed by atoms with Crippen LogP contribution in [0.3, 0.4) is 0 Å². The lowest BCUT2D eigenvalue weighted by atomic mass is 9.89. The summed E-state index contributed by atoms with van der Waals surface area (Å²) >= 11 is 0. The SMILES string of the molecule is CC(C)(C)OC(=O)NC(C)(C)C(N)c1ccccc1. The quantitative estimate of drug-likeness (QED) is 0.882. The highest BCUT2D eigenvalue weighted by molar-refractivity contribution is 5.68. The molecule has 0 saturated carbocycles. The molecule has 0 bridgehead atoms. The number of hydrogen-bond acceptors (Lipinski definition) is 3. The van der Waals surface area contributed by atoms with Crippen molar-refractivity contribution >= 4 is 6.09 Å². The van der Waals surface area contributed by atoms with Crippen molar-refractivity contribution in [2.75, 3.05) is 0 Å². The van der Waals surface area contributed by atoms with E-state index in [4.69, 9.17) is 10.5 Å². The highest BCUT2D eigenvalue weighted by Gasteiger charge is 2.31. The van der Waals surface area contributed by atoms with Gasteiger partial charge >= 0.3 is 6.09 Å². The molecule has 4 heteroatoms. The van der Waals surface area contributed by atoms with Gasteiger partial charge in [-0.1, -0.05) is 30.3 Å². The lowest BCUT2D eigenvalue weighted by Gasteiger charge is -2.33. The summed E-state index contributed by atoms with van der Waals surface area (Å²) in [5.41, 5.74) is 6.08. The van der Waals surface area contributed by atoms with Crippen molar-refractivity contribution in [3.63, 3.8) is 0 Å². The molecule has 1 atom stereocenters. The molecule has 1 aromatic rings. The summed E-state index contributed by atoms with van der Waals surface area (Å²) in [6, 6.07) is 9.38. The zero-order valence-corrected chi connectivity index (χ0v) is 12.4. The fourth-order valence-corrected chi connectivity index (χ4v) is 1.72. The van der Waals surface area contributed by atoms with Gasteiger partial charge in [0.2, 0.25) is 0 Å². The van der Waals surface area contributed by atoms with Crippen molar-refractivity contribution in [3.05, 3.63) is 35.9 Å². The third-order valence-electron chi connectivity index (χ3n) is 2.76. The van der Waals surface area contributed by atoms with Gasteiger partial charge in [-0.05, 0) is 40.2 Å². The normalized spacial score (nSPS) is 13.8. The Morgan fingerprint density at radius 3 is 2.16 bits per heavy atom. The maximum atomic E-state index is 11.8. The Bertz CT molecular complexity index is 422. The van der Waals surface area contributed by atoms with Gasteiger partial charge in [-0.2, -0.15) is 0 Å². The van der Waals surface area contributed by atoms with Crippen LogP contribution >= 0.6 is 0 Å². The van der Waals surface area contributed by atoms with Crippen LogP contribution in [0.1, 0.15) is 46.2 Å². The van der Waals surface area contributed by atoms with E-state index in [9.17, 15) is 4.79 Å². The number of rotatable bonds is 3. The minimum Gasteiger partial charge on any atom is -0.444 e. The molecule has 0 fully saturated rings. The number of benzene rings is 1. The highest BCUT2D eigenvalue weighted by Crippen LogP contribution is 2.23. The minimum absolute atomic E-state index is 0.304. The van der Waals surface area contributed by atoms with E-state index >= 15 is 0 Å². The third kappa shape index (κ3) is 4.91. The van der Waals surface area contributed by atoms with Crippen LogP contribution in [0.25, 0.3) is 0 Å². The molecule has 0 aliphatic heterocycles. The largest absolute Gasteiger partial charge is 0.444 e. The number of alkyl carbamates (subject to hydrolysis) is 1. The van der Waals surface area contributed by atoms with Crippen molar-refractivity contribution in [2.45, 2.75) is 51.8 Å². The lowest BCUT2D eigenvalue weighted by Crippen LogP contribution is -2.52. The van der Waals surface area contributed by atoms with E-state index in [2.05, 4.69) is 5.32 Å². The molecule has 0 aromatic heterocycles. The molecule has 0 aliphatic rings. The second-order valence-corrected chi connectivity index (χ2v) is 6.24. The summed E-state index contributed by atoms with van der Waals surface area (Å²) in [6.07, 6.45) is -0.455. The van der Waals surface area contributed by atoms with Gasteiger partial charge in [0.05, 0.1) is 11.6 Å². The van der Waals surface area contributed by atoms with Gasteiger partial charge in [-0.25, -0.2) is 4.79 Å². The Kier molecular flexibility index (Phi) is 4.58. The van der Waals surface area contributed by atoms with E-state index in [1.165, 1.54) is 0 Å². The molecule has 1 aromatic carbocycles. The number of carbonyl (C=O) groups excluding carboxylic acids is 1. The second kappa shape index (κ2) is 5.61. The van der Waals surface area contributed by atoms with E-state index < -0.39 is 17.2 Å². The van der Waals surface area contributed by atoms with E-state index in [1.807, 2.05) is 65.0 Å². The van der Waals surface area contributed by atoms with Gasteiger partial charge in [0.25, 0.3) is 0 Å². The average molecular weight is 264 g/mol. The van der Waals surface area contributed by atoms with Crippen molar-refractivity contribution in [1.29, 1.82) is 0 Å². The molecule has 4 nitrogen and oxygen atoms in total. The number of nitrogens with one attached hydrogen (secondary N) is 1. The van der Waals surface area contributed by atoms with Crippen LogP contribution in [0.2, 0.25) is 0 Å². The third-order valence-corrected chi connectivity index (χ3v) is 2.76. The van der Waals surface area contributed by atoms with Gasteiger partial charge < -0.3 is 15.8 Å². The first-order chi connectivity index (χ1) is 8.62. The van der Waals surface area contributed by atoms with Gasteiger partial charge in [0.1, 0.15) is 5.60 Å². The zero-order chi connectivity index (χ0) is 14.7. The van der Waals surface area contributed by atoms with Crippen LogP contribution in [-0.4, -0.2) is 17.2 Å². The van der Waals surface area contributed by atoms with Crippen LogP contribution in [-0.2, 0) is 4.74 Å². The molecule has 3 N–H and O–H groups in total. The van der Waals surface area contributed by atoms with E-state index in [0.29, 0.717) is 0 Å². The van der Waals surface area contributed by atoms with Crippen molar-refractivity contribution < 1.29 is 9.53 Å².